The number of piperazine rings is 1. The summed E-state index contributed by atoms with van der Waals surface area (Å²) in [5.74, 6) is 0.0425. The van der Waals surface area contributed by atoms with E-state index in [-0.39, 0.29) is 5.91 Å². The molecule has 6 heteroatoms. The van der Waals surface area contributed by atoms with Gasteiger partial charge in [-0.25, -0.2) is 0 Å². The van der Waals surface area contributed by atoms with Crippen LogP contribution in [-0.4, -0.2) is 48.9 Å². The maximum atomic E-state index is 12.0. The highest BCUT2D eigenvalue weighted by Crippen LogP contribution is 2.17. The Morgan fingerprint density at radius 3 is 2.43 bits per heavy atom. The lowest BCUT2D eigenvalue weighted by Gasteiger charge is -2.32. The quantitative estimate of drug-likeness (QED) is 0.889. The fourth-order valence-electron chi connectivity index (χ4n) is 2.59. The molecule has 3 rings (SSSR count). The van der Waals surface area contributed by atoms with Gasteiger partial charge in [-0.3, -0.25) is 9.69 Å². The van der Waals surface area contributed by atoms with E-state index in [0.29, 0.717) is 10.4 Å². The van der Waals surface area contributed by atoms with E-state index < -0.39 is 0 Å². The second-order valence-corrected chi connectivity index (χ2v) is 6.62. The van der Waals surface area contributed by atoms with Crippen LogP contribution in [0.15, 0.2) is 45.5 Å². The number of carbonyl (C=O) groups is 1. The number of amides is 1. The summed E-state index contributed by atoms with van der Waals surface area (Å²) in [6.07, 6.45) is 0. The molecule has 0 aliphatic carbocycles. The average Bonchev–Trinajstić information content (AvgIpc) is 2.98. The van der Waals surface area contributed by atoms with Gasteiger partial charge in [-0.2, -0.15) is 0 Å². The van der Waals surface area contributed by atoms with Crippen molar-refractivity contribution in [2.24, 2.45) is 0 Å². The van der Waals surface area contributed by atoms with Crippen molar-refractivity contribution in [2.75, 3.05) is 38.5 Å². The number of hydrogen-bond donors (Lipinski definition) is 1. The molecule has 0 radical (unpaired) electrons. The molecule has 0 spiro atoms. The van der Waals surface area contributed by atoms with Crippen molar-refractivity contribution in [2.45, 2.75) is 6.54 Å². The Bertz CT molecular complexity index is 661. The smallest absolute Gasteiger partial charge is 0.291 e. The molecule has 1 N–H and O–H groups in total. The third kappa shape index (κ3) is 4.43. The highest BCUT2D eigenvalue weighted by atomic mass is 79.9. The van der Waals surface area contributed by atoms with Gasteiger partial charge in [-0.1, -0.05) is 12.1 Å². The van der Waals surface area contributed by atoms with Crippen LogP contribution in [0.3, 0.4) is 0 Å². The lowest BCUT2D eigenvalue weighted by molar-refractivity contribution is 0.0995. The standard InChI is InChI=1S/C17H20BrN3O2/c1-20-8-10-21(11-9-20)12-13-2-4-14(5-3-13)19-17(22)15-6-7-16(18)23-15/h2-7H,8-12H2,1H3,(H,19,22). The fraction of sp³-hybridized carbons (Fsp3) is 0.353. The highest BCUT2D eigenvalue weighted by Gasteiger charge is 2.14. The predicted octanol–water partition coefficient (Wildman–Crippen LogP) is 3.04. The second kappa shape index (κ2) is 7.29. The second-order valence-electron chi connectivity index (χ2n) is 5.83. The van der Waals surface area contributed by atoms with Crippen LogP contribution >= 0.6 is 15.9 Å². The maximum absolute atomic E-state index is 12.0. The van der Waals surface area contributed by atoms with Crippen LogP contribution in [0.5, 0.6) is 0 Å². The minimum absolute atomic E-state index is 0.248. The Kier molecular flexibility index (Phi) is 5.15. The SMILES string of the molecule is CN1CCN(Cc2ccc(NC(=O)c3ccc(Br)o3)cc2)CC1. The molecule has 1 aromatic heterocycles. The first kappa shape index (κ1) is 16.2. The van der Waals surface area contributed by atoms with Gasteiger partial charge in [0.25, 0.3) is 5.91 Å². The Labute approximate surface area is 144 Å². The van der Waals surface area contributed by atoms with Crippen LogP contribution in [0.25, 0.3) is 0 Å². The van der Waals surface area contributed by atoms with Crippen LogP contribution in [0.4, 0.5) is 5.69 Å². The van der Waals surface area contributed by atoms with E-state index in [9.17, 15) is 4.79 Å². The third-order valence-electron chi connectivity index (χ3n) is 4.01. The van der Waals surface area contributed by atoms with Gasteiger partial charge in [0.05, 0.1) is 0 Å². The molecule has 1 aliphatic rings. The lowest BCUT2D eigenvalue weighted by Crippen LogP contribution is -2.43. The summed E-state index contributed by atoms with van der Waals surface area (Å²) in [6.45, 7) is 5.39. The van der Waals surface area contributed by atoms with E-state index in [1.54, 1.807) is 12.1 Å². The zero-order valence-electron chi connectivity index (χ0n) is 13.1. The largest absolute Gasteiger partial charge is 0.444 e. The summed E-state index contributed by atoms with van der Waals surface area (Å²) >= 11 is 3.19. The topological polar surface area (TPSA) is 48.7 Å². The van der Waals surface area contributed by atoms with Gasteiger partial charge < -0.3 is 14.6 Å². The number of benzene rings is 1. The van der Waals surface area contributed by atoms with Crippen LogP contribution in [-0.2, 0) is 6.54 Å². The molecule has 2 aromatic rings. The minimum Gasteiger partial charge on any atom is -0.444 e. The van der Waals surface area contributed by atoms with E-state index in [1.165, 1.54) is 5.56 Å². The van der Waals surface area contributed by atoms with E-state index >= 15 is 0 Å². The fourth-order valence-corrected chi connectivity index (χ4v) is 2.89. The number of furan rings is 1. The van der Waals surface area contributed by atoms with Crippen molar-refractivity contribution in [1.82, 2.24) is 9.80 Å². The monoisotopic (exact) mass is 377 g/mol. The molecular formula is C17H20BrN3O2. The average molecular weight is 378 g/mol. The summed E-state index contributed by atoms with van der Waals surface area (Å²) in [7, 11) is 2.16. The maximum Gasteiger partial charge on any atom is 0.291 e. The lowest BCUT2D eigenvalue weighted by atomic mass is 10.1. The number of rotatable bonds is 4. The predicted molar refractivity (Wildman–Crippen MR) is 93.6 cm³/mol. The Balaban J connectivity index is 1.55. The van der Waals surface area contributed by atoms with Crippen LogP contribution in [0.2, 0.25) is 0 Å². The van der Waals surface area contributed by atoms with Crippen molar-refractivity contribution in [1.29, 1.82) is 0 Å². The van der Waals surface area contributed by atoms with Crippen molar-refractivity contribution >= 4 is 27.5 Å². The number of anilines is 1. The molecule has 1 aromatic carbocycles. The Hall–Kier alpha value is -1.63. The number of hydrogen-bond acceptors (Lipinski definition) is 4. The Morgan fingerprint density at radius 2 is 1.83 bits per heavy atom. The van der Waals surface area contributed by atoms with Gasteiger partial charge in [-0.05, 0) is 52.8 Å². The van der Waals surface area contributed by atoms with Crippen LogP contribution in [0.1, 0.15) is 16.1 Å². The van der Waals surface area contributed by atoms with Gasteiger partial charge in [-0.15, -0.1) is 0 Å². The van der Waals surface area contributed by atoms with Gasteiger partial charge >= 0.3 is 0 Å². The summed E-state index contributed by atoms with van der Waals surface area (Å²) in [5.41, 5.74) is 2.03. The molecule has 1 aliphatic heterocycles. The molecular weight excluding hydrogens is 358 g/mol. The minimum atomic E-state index is -0.248. The molecule has 0 atom stereocenters. The summed E-state index contributed by atoms with van der Waals surface area (Å²) in [5, 5.41) is 2.83. The Morgan fingerprint density at radius 1 is 1.13 bits per heavy atom. The summed E-state index contributed by atoms with van der Waals surface area (Å²) in [4.78, 5) is 16.8. The third-order valence-corrected chi connectivity index (χ3v) is 4.44. The molecule has 0 saturated carbocycles. The van der Waals surface area contributed by atoms with Crippen molar-refractivity contribution in [3.05, 3.63) is 52.4 Å². The molecule has 2 heterocycles. The number of nitrogens with one attached hydrogen (secondary N) is 1. The van der Waals surface area contributed by atoms with E-state index in [4.69, 9.17) is 4.42 Å². The molecule has 1 fully saturated rings. The number of nitrogens with zero attached hydrogens (tertiary/aromatic N) is 2. The zero-order valence-corrected chi connectivity index (χ0v) is 14.7. The molecule has 122 valence electrons. The van der Waals surface area contributed by atoms with Gasteiger partial charge in [0.15, 0.2) is 10.4 Å². The van der Waals surface area contributed by atoms with E-state index in [0.717, 1.165) is 38.4 Å². The molecule has 0 bridgehead atoms. The number of likely N-dealkylation sites (N-methyl/N-ethyl adjacent to an activating group) is 1. The molecule has 5 nitrogen and oxygen atoms in total. The first-order valence-corrected chi connectivity index (χ1v) is 8.46. The molecule has 1 amide bonds. The summed E-state index contributed by atoms with van der Waals surface area (Å²) < 4.78 is 5.79. The normalized spacial score (nSPS) is 16.4. The van der Waals surface area contributed by atoms with Crippen molar-refractivity contribution in [3.8, 4) is 0 Å². The van der Waals surface area contributed by atoms with Crippen molar-refractivity contribution < 1.29 is 9.21 Å². The molecule has 23 heavy (non-hydrogen) atoms. The van der Waals surface area contributed by atoms with Gasteiger partial charge in [0, 0.05) is 38.4 Å². The first-order chi connectivity index (χ1) is 11.1. The van der Waals surface area contributed by atoms with E-state index in [2.05, 4.69) is 50.2 Å². The first-order valence-electron chi connectivity index (χ1n) is 7.67. The van der Waals surface area contributed by atoms with Gasteiger partial charge in [0.2, 0.25) is 0 Å². The zero-order chi connectivity index (χ0) is 16.2. The van der Waals surface area contributed by atoms with E-state index in [1.807, 2.05) is 12.1 Å². The molecule has 0 unspecified atom stereocenters. The van der Waals surface area contributed by atoms with Crippen LogP contribution < -0.4 is 5.32 Å². The van der Waals surface area contributed by atoms with Crippen LogP contribution in [0, 0.1) is 0 Å². The van der Waals surface area contributed by atoms with Gasteiger partial charge in [0.1, 0.15) is 0 Å². The van der Waals surface area contributed by atoms with Crippen molar-refractivity contribution in [3.63, 3.8) is 0 Å². The summed E-state index contributed by atoms with van der Waals surface area (Å²) in [6, 6.07) is 11.3. The highest BCUT2D eigenvalue weighted by molar-refractivity contribution is 9.10. The number of carbonyl (C=O) groups excluding carboxylic acids is 1. The molecule has 1 saturated heterocycles. The number of halogens is 1.